The van der Waals surface area contributed by atoms with E-state index in [1.54, 1.807) is 20.5 Å². The summed E-state index contributed by atoms with van der Waals surface area (Å²) in [4.78, 5) is 6.89. The topological polar surface area (TPSA) is 79.6 Å². The first kappa shape index (κ1) is 20.1. The molecule has 1 fully saturated rings. The summed E-state index contributed by atoms with van der Waals surface area (Å²) in [6, 6.07) is 8.62. The van der Waals surface area contributed by atoms with Gasteiger partial charge in [0.15, 0.2) is 11.8 Å². The van der Waals surface area contributed by atoms with Crippen LogP contribution in [-0.2, 0) is 13.1 Å². The normalized spacial score (nSPS) is 16.2. The van der Waals surface area contributed by atoms with Gasteiger partial charge in [-0.3, -0.25) is 9.89 Å². The van der Waals surface area contributed by atoms with Crippen molar-refractivity contribution in [2.45, 2.75) is 38.9 Å². The molecular weight excluding hydrogens is 354 g/mol. The number of nitrogens with zero attached hydrogens (tertiary/aromatic N) is 5. The smallest absolute Gasteiger partial charge is 0.191 e. The Kier molecular flexibility index (Phi) is 7.25. The number of benzene rings is 1. The lowest BCUT2D eigenvalue weighted by atomic mass is 10.1. The highest BCUT2D eigenvalue weighted by molar-refractivity contribution is 5.79. The molecule has 1 unspecified atom stereocenters. The Morgan fingerprint density at radius 1 is 1.29 bits per heavy atom. The molecule has 8 heteroatoms. The van der Waals surface area contributed by atoms with Crippen LogP contribution in [0.25, 0.3) is 0 Å². The van der Waals surface area contributed by atoms with Gasteiger partial charge in [0.25, 0.3) is 0 Å². The van der Waals surface area contributed by atoms with Crippen LogP contribution in [0.3, 0.4) is 0 Å². The number of hydrogen-bond acceptors (Lipinski definition) is 5. The third-order valence-corrected chi connectivity index (χ3v) is 5.20. The Balaban J connectivity index is 1.64. The van der Waals surface area contributed by atoms with E-state index >= 15 is 0 Å². The highest BCUT2D eigenvalue weighted by atomic mass is 16.5. The van der Waals surface area contributed by atoms with Gasteiger partial charge < -0.3 is 19.9 Å². The summed E-state index contributed by atoms with van der Waals surface area (Å²) in [5, 5.41) is 15.0. The molecule has 1 aromatic heterocycles. The van der Waals surface area contributed by atoms with Crippen LogP contribution < -0.4 is 15.4 Å². The number of aliphatic imine (C=N–C) groups is 1. The number of hydrogen-bond donors (Lipinski definition) is 2. The molecule has 2 aromatic rings. The van der Waals surface area contributed by atoms with Crippen molar-refractivity contribution >= 4 is 5.96 Å². The lowest BCUT2D eigenvalue weighted by Gasteiger charge is -2.29. The van der Waals surface area contributed by atoms with Crippen molar-refractivity contribution < 1.29 is 4.74 Å². The lowest BCUT2D eigenvalue weighted by molar-refractivity contribution is 0.245. The molecule has 1 saturated heterocycles. The average Bonchev–Trinajstić information content (AvgIpc) is 3.42. The van der Waals surface area contributed by atoms with Gasteiger partial charge in [0.1, 0.15) is 12.1 Å². The minimum atomic E-state index is 0.274. The minimum absolute atomic E-state index is 0.274. The molecule has 2 N–H and O–H groups in total. The predicted molar refractivity (Wildman–Crippen MR) is 110 cm³/mol. The number of rotatable bonds is 8. The summed E-state index contributed by atoms with van der Waals surface area (Å²) in [7, 11) is 3.50. The summed E-state index contributed by atoms with van der Waals surface area (Å²) in [5.41, 5.74) is 1.26. The second-order valence-corrected chi connectivity index (χ2v) is 6.88. The van der Waals surface area contributed by atoms with Crippen molar-refractivity contribution in [1.29, 1.82) is 0 Å². The van der Waals surface area contributed by atoms with E-state index < -0.39 is 0 Å². The summed E-state index contributed by atoms with van der Waals surface area (Å²) in [5.74, 6) is 2.55. The maximum atomic E-state index is 5.43. The lowest BCUT2D eigenvalue weighted by Crippen LogP contribution is -2.42. The highest BCUT2D eigenvalue weighted by Gasteiger charge is 2.24. The number of nitrogens with one attached hydrogen (secondary N) is 2. The fourth-order valence-corrected chi connectivity index (χ4v) is 3.62. The van der Waals surface area contributed by atoms with Gasteiger partial charge in [-0.05, 0) is 50.6 Å². The quantitative estimate of drug-likeness (QED) is 0.533. The second kappa shape index (κ2) is 10.1. The number of aromatic nitrogens is 3. The molecule has 1 atom stereocenters. The number of likely N-dealkylation sites (tertiary alicyclic amines) is 1. The number of guanidine groups is 1. The minimum Gasteiger partial charge on any atom is -0.497 e. The van der Waals surface area contributed by atoms with Gasteiger partial charge in [-0.25, -0.2) is 0 Å². The van der Waals surface area contributed by atoms with E-state index in [2.05, 4.69) is 55.8 Å². The summed E-state index contributed by atoms with van der Waals surface area (Å²) < 4.78 is 7.44. The zero-order valence-electron chi connectivity index (χ0n) is 17.1. The molecule has 0 saturated carbocycles. The van der Waals surface area contributed by atoms with Gasteiger partial charge in [-0.2, -0.15) is 0 Å². The molecule has 1 aromatic carbocycles. The third kappa shape index (κ3) is 5.01. The molecule has 152 valence electrons. The van der Waals surface area contributed by atoms with Gasteiger partial charge in [0.05, 0.1) is 19.7 Å². The molecule has 1 aliphatic heterocycles. The van der Waals surface area contributed by atoms with E-state index in [0.29, 0.717) is 6.54 Å². The molecule has 8 nitrogen and oxygen atoms in total. The number of ether oxygens (including phenoxy) is 1. The molecule has 1 aliphatic rings. The van der Waals surface area contributed by atoms with Crippen LogP contribution in [0.2, 0.25) is 0 Å². The monoisotopic (exact) mass is 385 g/mol. The first-order chi connectivity index (χ1) is 13.7. The SMILES string of the molecule is CCn1cnnc1CNC(=NC)NCC(c1cccc(OC)c1)N1CCCC1. The van der Waals surface area contributed by atoms with Crippen molar-refractivity contribution in [1.82, 2.24) is 30.3 Å². The van der Waals surface area contributed by atoms with E-state index in [0.717, 1.165) is 43.7 Å². The van der Waals surface area contributed by atoms with Crippen molar-refractivity contribution in [3.8, 4) is 5.75 Å². The fraction of sp³-hybridized carbons (Fsp3) is 0.550. The maximum absolute atomic E-state index is 5.43. The van der Waals surface area contributed by atoms with E-state index in [9.17, 15) is 0 Å². The van der Waals surface area contributed by atoms with Gasteiger partial charge in [0, 0.05) is 20.1 Å². The van der Waals surface area contributed by atoms with Gasteiger partial charge in [0.2, 0.25) is 0 Å². The first-order valence-electron chi connectivity index (χ1n) is 9.94. The van der Waals surface area contributed by atoms with Crippen molar-refractivity contribution in [3.05, 3.63) is 42.0 Å². The second-order valence-electron chi connectivity index (χ2n) is 6.88. The van der Waals surface area contributed by atoms with Gasteiger partial charge >= 0.3 is 0 Å². The third-order valence-electron chi connectivity index (χ3n) is 5.20. The Labute approximate surface area is 167 Å². The summed E-state index contributed by atoms with van der Waals surface area (Å²) >= 11 is 0. The Bertz CT molecular complexity index is 767. The standard InChI is InChI=1S/C20H31N7O/c1-4-26-15-24-25-19(26)14-23-20(21-2)22-13-18(27-10-5-6-11-27)16-8-7-9-17(12-16)28-3/h7-9,12,15,18H,4-6,10-11,13-14H2,1-3H3,(H2,21,22,23). The van der Waals surface area contributed by atoms with Crippen LogP contribution in [0.15, 0.2) is 35.6 Å². The highest BCUT2D eigenvalue weighted by Crippen LogP contribution is 2.27. The molecular formula is C20H31N7O. The summed E-state index contributed by atoms with van der Waals surface area (Å²) in [6.07, 6.45) is 4.25. The van der Waals surface area contributed by atoms with Crippen LogP contribution >= 0.6 is 0 Å². The number of aryl methyl sites for hydroxylation is 1. The zero-order chi connectivity index (χ0) is 19.8. The molecule has 0 spiro atoms. The largest absolute Gasteiger partial charge is 0.497 e. The molecule has 28 heavy (non-hydrogen) atoms. The molecule has 0 amide bonds. The fourth-order valence-electron chi connectivity index (χ4n) is 3.62. The Hall–Kier alpha value is -2.61. The Morgan fingerprint density at radius 2 is 2.11 bits per heavy atom. The van der Waals surface area contributed by atoms with E-state index in [-0.39, 0.29) is 6.04 Å². The van der Waals surface area contributed by atoms with Crippen LogP contribution in [0.1, 0.15) is 37.2 Å². The van der Waals surface area contributed by atoms with Crippen molar-refractivity contribution in [2.24, 2.45) is 4.99 Å². The summed E-state index contributed by atoms with van der Waals surface area (Å²) in [6.45, 7) is 6.52. The van der Waals surface area contributed by atoms with Gasteiger partial charge in [-0.1, -0.05) is 12.1 Å². The van der Waals surface area contributed by atoms with Gasteiger partial charge in [-0.15, -0.1) is 10.2 Å². The molecule has 0 radical (unpaired) electrons. The van der Waals surface area contributed by atoms with E-state index in [4.69, 9.17) is 4.74 Å². The Morgan fingerprint density at radius 3 is 2.82 bits per heavy atom. The molecule has 3 rings (SSSR count). The van der Waals surface area contributed by atoms with Crippen LogP contribution in [-0.4, -0.2) is 59.4 Å². The van der Waals surface area contributed by atoms with Crippen molar-refractivity contribution in [3.63, 3.8) is 0 Å². The molecule has 0 aliphatic carbocycles. The number of methoxy groups -OCH3 is 1. The van der Waals surface area contributed by atoms with Crippen LogP contribution in [0.5, 0.6) is 5.75 Å². The zero-order valence-corrected chi connectivity index (χ0v) is 17.1. The van der Waals surface area contributed by atoms with Crippen LogP contribution in [0.4, 0.5) is 0 Å². The van der Waals surface area contributed by atoms with E-state index in [1.807, 2.05) is 10.6 Å². The molecule has 0 bridgehead atoms. The van der Waals surface area contributed by atoms with Crippen LogP contribution in [0, 0.1) is 0 Å². The average molecular weight is 386 g/mol. The maximum Gasteiger partial charge on any atom is 0.191 e. The van der Waals surface area contributed by atoms with Crippen molar-refractivity contribution in [2.75, 3.05) is 33.8 Å². The first-order valence-corrected chi connectivity index (χ1v) is 9.94. The van der Waals surface area contributed by atoms with E-state index in [1.165, 1.54) is 18.4 Å². The molecule has 2 heterocycles. The predicted octanol–water partition coefficient (Wildman–Crippen LogP) is 1.81.